The molecule has 210 valence electrons. The van der Waals surface area contributed by atoms with E-state index in [2.05, 4.69) is 15.1 Å². The van der Waals surface area contributed by atoms with Crippen molar-refractivity contribution in [2.45, 2.75) is 52.0 Å². The highest BCUT2D eigenvalue weighted by Crippen LogP contribution is 2.36. The number of rotatable bonds is 12. The Morgan fingerprint density at radius 3 is 2.54 bits per heavy atom. The molecule has 0 fully saturated rings. The molecule has 0 aliphatic rings. The topological polar surface area (TPSA) is 155 Å². The Bertz CT molecular complexity index is 1480. The quantitative estimate of drug-likeness (QED) is 0.192. The number of nitrogens with zero attached hydrogens (tertiary/aromatic N) is 3. The van der Waals surface area contributed by atoms with Crippen LogP contribution in [0.2, 0.25) is 0 Å². The Labute approximate surface area is 227 Å². The molecule has 39 heavy (non-hydrogen) atoms. The lowest BCUT2D eigenvalue weighted by molar-refractivity contribution is -0.385. The zero-order valence-electron chi connectivity index (χ0n) is 22.8. The first-order valence-electron chi connectivity index (χ1n) is 12.3. The summed E-state index contributed by atoms with van der Waals surface area (Å²) in [7, 11) is -2.69. The molecular formula is C26H33N5O7S. The number of carbonyl (C=O) groups excluding carboxylic acids is 1. The molecule has 3 aromatic rings. The Kier molecular flexibility index (Phi) is 9.43. The summed E-state index contributed by atoms with van der Waals surface area (Å²) in [5.41, 5.74) is 2.46. The molecular weight excluding hydrogens is 526 g/mol. The largest absolute Gasteiger partial charge is 0.437 e. The van der Waals surface area contributed by atoms with E-state index in [0.717, 1.165) is 23.3 Å². The van der Waals surface area contributed by atoms with E-state index in [-0.39, 0.29) is 23.9 Å². The number of nitrogens with one attached hydrogen (secondary N) is 2. The van der Waals surface area contributed by atoms with Crippen molar-refractivity contribution in [3.05, 3.63) is 68.9 Å². The van der Waals surface area contributed by atoms with E-state index >= 15 is 0 Å². The summed E-state index contributed by atoms with van der Waals surface area (Å²) in [6.45, 7) is 9.50. The van der Waals surface area contributed by atoms with E-state index in [1.165, 1.54) is 17.9 Å². The normalized spacial score (nSPS) is 12.3. The molecule has 3 rings (SSSR count). The average Bonchev–Trinajstić information content (AvgIpc) is 3.21. The highest BCUT2D eigenvalue weighted by Gasteiger charge is 2.29. The molecule has 1 aromatic heterocycles. The predicted molar refractivity (Wildman–Crippen MR) is 145 cm³/mol. The van der Waals surface area contributed by atoms with Crippen LogP contribution in [0.3, 0.4) is 0 Å². The van der Waals surface area contributed by atoms with Crippen molar-refractivity contribution >= 4 is 21.6 Å². The third kappa shape index (κ3) is 6.61. The number of carbonyl (C=O) groups is 1. The number of hydrogen-bond acceptors (Lipinski definition) is 8. The van der Waals surface area contributed by atoms with Crippen LogP contribution in [0.25, 0.3) is 5.69 Å². The SMILES string of the molecule is CC[C@H](C)NS(=O)(=O)c1cc([N+](=O)[O-])ccc1Oc1c(C)c(C(=O)NCCOC)nn1-c1cccc(C)c1C. The van der Waals surface area contributed by atoms with E-state index in [1.54, 1.807) is 19.9 Å². The summed E-state index contributed by atoms with van der Waals surface area (Å²) in [6, 6.07) is 8.46. The van der Waals surface area contributed by atoms with Gasteiger partial charge in [-0.2, -0.15) is 9.78 Å². The van der Waals surface area contributed by atoms with Crippen molar-refractivity contribution in [3.63, 3.8) is 0 Å². The number of non-ortho nitro benzene ring substituents is 1. The first-order valence-corrected chi connectivity index (χ1v) is 13.8. The van der Waals surface area contributed by atoms with Gasteiger partial charge in [-0.15, -0.1) is 0 Å². The maximum absolute atomic E-state index is 13.3. The van der Waals surface area contributed by atoms with Gasteiger partial charge in [0.15, 0.2) is 5.69 Å². The van der Waals surface area contributed by atoms with Gasteiger partial charge in [0.25, 0.3) is 11.6 Å². The molecule has 1 amide bonds. The second kappa shape index (κ2) is 12.4. The highest BCUT2D eigenvalue weighted by atomic mass is 32.2. The van der Waals surface area contributed by atoms with E-state index < -0.39 is 37.5 Å². The van der Waals surface area contributed by atoms with E-state index in [0.29, 0.717) is 24.3 Å². The predicted octanol–water partition coefficient (Wildman–Crippen LogP) is 3.95. The Morgan fingerprint density at radius 1 is 1.18 bits per heavy atom. The third-order valence-corrected chi connectivity index (χ3v) is 7.89. The molecule has 0 aliphatic heterocycles. The number of hydrogen-bond donors (Lipinski definition) is 2. The Balaban J connectivity index is 2.21. The zero-order chi connectivity index (χ0) is 28.9. The van der Waals surface area contributed by atoms with Crippen LogP contribution in [-0.2, 0) is 14.8 Å². The van der Waals surface area contributed by atoms with Crippen molar-refractivity contribution in [2.24, 2.45) is 0 Å². The number of nitro benzene ring substituents is 1. The van der Waals surface area contributed by atoms with Gasteiger partial charge in [-0.25, -0.2) is 13.1 Å². The molecule has 0 bridgehead atoms. The Morgan fingerprint density at radius 2 is 1.90 bits per heavy atom. The van der Waals surface area contributed by atoms with Gasteiger partial charge in [0, 0.05) is 37.4 Å². The fourth-order valence-electron chi connectivity index (χ4n) is 3.72. The van der Waals surface area contributed by atoms with Gasteiger partial charge >= 0.3 is 0 Å². The Hall–Kier alpha value is -3.81. The standard InChI is InChI=1S/C26H33N5O7S/c1-7-17(3)29-39(35,36)23-15-20(31(33)34)11-12-22(23)38-26-19(5)24(25(32)27-13-14-37-6)28-30(26)21-10-8-9-16(2)18(21)4/h8-12,15,17,29H,7,13-14H2,1-6H3,(H,27,32)/t17-/m0/s1. The van der Waals surface area contributed by atoms with Crippen LogP contribution in [0.4, 0.5) is 5.69 Å². The van der Waals surface area contributed by atoms with Crippen LogP contribution in [0.15, 0.2) is 41.3 Å². The lowest BCUT2D eigenvalue weighted by atomic mass is 10.1. The van der Waals surface area contributed by atoms with Crippen molar-refractivity contribution in [2.75, 3.05) is 20.3 Å². The number of nitro groups is 1. The van der Waals surface area contributed by atoms with Crippen LogP contribution in [0.1, 0.15) is 47.4 Å². The van der Waals surface area contributed by atoms with Gasteiger partial charge in [-0.3, -0.25) is 14.9 Å². The summed E-state index contributed by atoms with van der Waals surface area (Å²) in [4.78, 5) is 23.3. The average molecular weight is 560 g/mol. The fourth-order valence-corrected chi connectivity index (χ4v) is 5.19. The van der Waals surface area contributed by atoms with Crippen LogP contribution < -0.4 is 14.8 Å². The van der Waals surface area contributed by atoms with Crippen LogP contribution >= 0.6 is 0 Å². The molecule has 12 nitrogen and oxygen atoms in total. The number of amides is 1. The minimum absolute atomic E-state index is 0.0751. The number of methoxy groups -OCH3 is 1. The molecule has 0 unspecified atom stereocenters. The van der Waals surface area contributed by atoms with Gasteiger partial charge in [-0.1, -0.05) is 19.1 Å². The van der Waals surface area contributed by atoms with Gasteiger partial charge in [0.1, 0.15) is 10.6 Å². The van der Waals surface area contributed by atoms with E-state index in [4.69, 9.17) is 9.47 Å². The number of aryl methyl sites for hydroxylation is 1. The molecule has 2 N–H and O–H groups in total. The molecule has 13 heteroatoms. The maximum Gasteiger partial charge on any atom is 0.272 e. The molecule has 0 aliphatic carbocycles. The van der Waals surface area contributed by atoms with E-state index in [9.17, 15) is 23.3 Å². The number of ether oxygens (including phenoxy) is 2. The first kappa shape index (κ1) is 29.7. The summed E-state index contributed by atoms with van der Waals surface area (Å²) in [6.07, 6.45) is 0.504. The number of benzene rings is 2. The summed E-state index contributed by atoms with van der Waals surface area (Å²) in [5, 5.41) is 18.7. The second-order valence-corrected chi connectivity index (χ2v) is 10.8. The fraction of sp³-hybridized carbons (Fsp3) is 0.385. The van der Waals surface area contributed by atoms with Gasteiger partial charge in [-0.05, 0) is 57.4 Å². The van der Waals surface area contributed by atoms with Gasteiger partial charge in [0.05, 0.1) is 17.2 Å². The van der Waals surface area contributed by atoms with Crippen molar-refractivity contribution in [3.8, 4) is 17.3 Å². The number of sulfonamides is 1. The van der Waals surface area contributed by atoms with Crippen molar-refractivity contribution in [1.29, 1.82) is 0 Å². The lowest BCUT2D eigenvalue weighted by Crippen LogP contribution is -2.32. The van der Waals surface area contributed by atoms with Gasteiger partial charge in [0.2, 0.25) is 15.9 Å². The molecule has 1 heterocycles. The van der Waals surface area contributed by atoms with Gasteiger partial charge < -0.3 is 14.8 Å². The molecule has 0 spiro atoms. The molecule has 2 aromatic carbocycles. The summed E-state index contributed by atoms with van der Waals surface area (Å²) < 4.78 is 41.7. The monoisotopic (exact) mass is 559 g/mol. The highest BCUT2D eigenvalue weighted by molar-refractivity contribution is 7.89. The molecule has 0 radical (unpaired) electrons. The summed E-state index contributed by atoms with van der Waals surface area (Å²) >= 11 is 0. The van der Waals surface area contributed by atoms with Crippen LogP contribution in [0, 0.1) is 30.9 Å². The minimum atomic E-state index is -4.21. The molecule has 0 saturated heterocycles. The molecule has 1 atom stereocenters. The lowest BCUT2D eigenvalue weighted by Gasteiger charge is -2.17. The first-order chi connectivity index (χ1) is 18.4. The minimum Gasteiger partial charge on any atom is -0.437 e. The van der Waals surface area contributed by atoms with Crippen molar-refractivity contribution < 1.29 is 27.6 Å². The van der Waals surface area contributed by atoms with Crippen LogP contribution in [-0.4, -0.2) is 55.3 Å². The molecule has 0 saturated carbocycles. The van der Waals surface area contributed by atoms with Crippen molar-refractivity contribution in [1.82, 2.24) is 19.8 Å². The van der Waals surface area contributed by atoms with Crippen LogP contribution in [0.5, 0.6) is 11.6 Å². The third-order valence-electron chi connectivity index (χ3n) is 6.28. The maximum atomic E-state index is 13.3. The second-order valence-electron chi connectivity index (χ2n) is 9.08. The smallest absolute Gasteiger partial charge is 0.272 e. The summed E-state index contributed by atoms with van der Waals surface area (Å²) in [5.74, 6) is -0.528. The number of aromatic nitrogens is 2. The van der Waals surface area contributed by atoms with E-state index in [1.807, 2.05) is 32.9 Å². The zero-order valence-corrected chi connectivity index (χ0v) is 23.6.